The van der Waals surface area contributed by atoms with Gasteiger partial charge in [0.1, 0.15) is 12.4 Å². The minimum Gasteiger partial charge on any atom is -0.487 e. The van der Waals surface area contributed by atoms with Crippen molar-refractivity contribution in [3.8, 4) is 17.0 Å². The van der Waals surface area contributed by atoms with Gasteiger partial charge in [0, 0.05) is 60.8 Å². The van der Waals surface area contributed by atoms with Crippen molar-refractivity contribution in [1.82, 2.24) is 24.4 Å². The molecule has 0 spiro atoms. The van der Waals surface area contributed by atoms with Gasteiger partial charge in [-0.05, 0) is 36.8 Å². The van der Waals surface area contributed by atoms with Crippen LogP contribution >= 0.6 is 11.3 Å². The van der Waals surface area contributed by atoms with Crippen molar-refractivity contribution in [2.45, 2.75) is 25.6 Å². The summed E-state index contributed by atoms with van der Waals surface area (Å²) in [6.07, 6.45) is 8.78. The third-order valence-corrected chi connectivity index (χ3v) is 6.10. The van der Waals surface area contributed by atoms with Gasteiger partial charge in [-0.2, -0.15) is 0 Å². The van der Waals surface area contributed by atoms with Gasteiger partial charge in [0.05, 0.1) is 23.2 Å². The fraction of sp³-hybridized carbons (Fsp3) is 0.261. The lowest BCUT2D eigenvalue weighted by molar-refractivity contribution is 0.279. The van der Waals surface area contributed by atoms with E-state index in [0.29, 0.717) is 12.6 Å². The van der Waals surface area contributed by atoms with Crippen LogP contribution in [0.1, 0.15) is 23.7 Å². The van der Waals surface area contributed by atoms with Crippen LogP contribution in [0.3, 0.4) is 0 Å². The molecule has 1 saturated heterocycles. The second kappa shape index (κ2) is 8.77. The lowest BCUT2D eigenvalue weighted by Gasteiger charge is -2.19. The summed E-state index contributed by atoms with van der Waals surface area (Å²) in [6, 6.07) is 12.8. The van der Waals surface area contributed by atoms with E-state index < -0.39 is 0 Å². The molecule has 30 heavy (non-hydrogen) atoms. The third kappa shape index (κ3) is 4.27. The molecule has 1 aliphatic rings. The van der Waals surface area contributed by atoms with E-state index in [1.54, 1.807) is 11.3 Å². The number of hydrogen-bond donors (Lipinski definition) is 0. The van der Waals surface area contributed by atoms with Crippen molar-refractivity contribution in [3.63, 3.8) is 0 Å². The van der Waals surface area contributed by atoms with Crippen LogP contribution < -0.4 is 4.74 Å². The first-order valence-electron chi connectivity index (χ1n) is 10.1. The number of benzene rings is 1. The van der Waals surface area contributed by atoms with Gasteiger partial charge < -0.3 is 9.30 Å². The van der Waals surface area contributed by atoms with E-state index in [4.69, 9.17) is 4.74 Å². The highest BCUT2D eigenvalue weighted by Crippen LogP contribution is 2.30. The molecule has 1 atom stereocenters. The number of thiazole rings is 1. The summed E-state index contributed by atoms with van der Waals surface area (Å²) in [4.78, 5) is 15.5. The largest absolute Gasteiger partial charge is 0.487 e. The minimum absolute atomic E-state index is 0.478. The molecule has 1 unspecified atom stereocenters. The highest BCUT2D eigenvalue weighted by atomic mass is 32.1. The summed E-state index contributed by atoms with van der Waals surface area (Å²) in [5.74, 6) is 0.911. The summed E-state index contributed by atoms with van der Waals surface area (Å²) >= 11 is 1.59. The summed E-state index contributed by atoms with van der Waals surface area (Å²) in [7, 11) is 0. The second-order valence-electron chi connectivity index (χ2n) is 7.49. The fourth-order valence-corrected chi connectivity index (χ4v) is 4.47. The molecule has 4 aromatic rings. The lowest BCUT2D eigenvalue weighted by Crippen LogP contribution is -2.21. The zero-order valence-corrected chi connectivity index (χ0v) is 17.4. The maximum absolute atomic E-state index is 6.16. The summed E-state index contributed by atoms with van der Waals surface area (Å²) in [5, 5.41) is 2.03. The minimum atomic E-state index is 0.478. The maximum atomic E-state index is 6.16. The predicted molar refractivity (Wildman–Crippen MR) is 117 cm³/mol. The maximum Gasteiger partial charge on any atom is 0.131 e. The molecule has 6 nitrogen and oxygen atoms in total. The van der Waals surface area contributed by atoms with E-state index >= 15 is 0 Å². The molecule has 0 saturated carbocycles. The smallest absolute Gasteiger partial charge is 0.131 e. The van der Waals surface area contributed by atoms with Crippen molar-refractivity contribution in [1.29, 1.82) is 0 Å². The normalized spacial score (nSPS) is 16.7. The zero-order chi connectivity index (χ0) is 20.2. The number of aromatic nitrogens is 4. The number of hydrogen-bond acceptors (Lipinski definition) is 6. The zero-order valence-electron chi connectivity index (χ0n) is 16.6. The first-order valence-corrected chi connectivity index (χ1v) is 11.0. The van der Waals surface area contributed by atoms with Crippen LogP contribution in [0.4, 0.5) is 0 Å². The van der Waals surface area contributed by atoms with Crippen molar-refractivity contribution in [3.05, 3.63) is 83.5 Å². The Morgan fingerprint density at radius 2 is 2.13 bits per heavy atom. The number of rotatable bonds is 7. The van der Waals surface area contributed by atoms with Crippen molar-refractivity contribution < 1.29 is 4.74 Å². The number of imidazole rings is 1. The van der Waals surface area contributed by atoms with Crippen LogP contribution in [0.2, 0.25) is 0 Å². The molecule has 4 heterocycles. The standard InChI is InChI=1S/C23H23N5OS/c1-2-7-25-22(3-1)18-4-5-23(29-14-20-15-30-17-26-20)19(11-18)12-27-9-6-21(13-27)28-10-8-24-16-28/h1-5,7-8,10-11,15-17,21H,6,9,12-14H2. The molecule has 0 radical (unpaired) electrons. The number of pyridine rings is 1. The van der Waals surface area contributed by atoms with Crippen molar-refractivity contribution >= 4 is 11.3 Å². The molecule has 1 fully saturated rings. The Balaban J connectivity index is 1.37. The van der Waals surface area contributed by atoms with Gasteiger partial charge in [-0.25, -0.2) is 9.97 Å². The van der Waals surface area contributed by atoms with Crippen LogP contribution in [0.5, 0.6) is 5.75 Å². The highest BCUT2D eigenvalue weighted by molar-refractivity contribution is 7.07. The Hall–Kier alpha value is -3.03. The second-order valence-corrected chi connectivity index (χ2v) is 8.21. The van der Waals surface area contributed by atoms with Gasteiger partial charge in [-0.3, -0.25) is 9.88 Å². The molecule has 5 rings (SSSR count). The Kier molecular flexibility index (Phi) is 5.54. The van der Waals surface area contributed by atoms with Crippen LogP contribution in [0.25, 0.3) is 11.3 Å². The SMILES string of the molecule is c1ccc(-c2ccc(OCc3cscn3)c(CN3CCC(n4ccnc4)C3)c2)nc1. The monoisotopic (exact) mass is 417 g/mol. The molecule has 1 aromatic carbocycles. The molecule has 3 aromatic heterocycles. The predicted octanol–water partition coefficient (Wildman–Crippen LogP) is 4.43. The van der Waals surface area contributed by atoms with E-state index in [9.17, 15) is 0 Å². The van der Waals surface area contributed by atoms with Crippen LogP contribution in [0.15, 0.2) is 72.2 Å². The third-order valence-electron chi connectivity index (χ3n) is 5.47. The van der Waals surface area contributed by atoms with Gasteiger partial charge in [-0.1, -0.05) is 6.07 Å². The van der Waals surface area contributed by atoms with Crippen LogP contribution in [-0.4, -0.2) is 37.5 Å². The fourth-order valence-electron chi connectivity index (χ4n) is 3.92. The number of likely N-dealkylation sites (tertiary alicyclic amines) is 1. The van der Waals surface area contributed by atoms with Gasteiger partial charge in [-0.15, -0.1) is 11.3 Å². The van der Waals surface area contributed by atoms with Crippen molar-refractivity contribution in [2.24, 2.45) is 0 Å². The number of ether oxygens (including phenoxy) is 1. The Morgan fingerprint density at radius 3 is 2.93 bits per heavy atom. The van der Waals surface area contributed by atoms with E-state index in [-0.39, 0.29) is 0 Å². The van der Waals surface area contributed by atoms with Gasteiger partial charge in [0.15, 0.2) is 0 Å². The average molecular weight is 418 g/mol. The first kappa shape index (κ1) is 19.0. The summed E-state index contributed by atoms with van der Waals surface area (Å²) in [6.45, 7) is 3.40. The Bertz CT molecular complexity index is 1070. The highest BCUT2D eigenvalue weighted by Gasteiger charge is 2.24. The van der Waals surface area contributed by atoms with Gasteiger partial charge in [0.25, 0.3) is 0 Å². The molecule has 0 N–H and O–H groups in total. The van der Waals surface area contributed by atoms with Crippen molar-refractivity contribution in [2.75, 3.05) is 13.1 Å². The summed E-state index contributed by atoms with van der Waals surface area (Å²) in [5.41, 5.74) is 6.06. The van der Waals surface area contributed by atoms with Gasteiger partial charge >= 0.3 is 0 Å². The molecule has 152 valence electrons. The quantitative estimate of drug-likeness (QED) is 0.445. The lowest BCUT2D eigenvalue weighted by atomic mass is 10.1. The Morgan fingerprint density at radius 1 is 1.13 bits per heavy atom. The first-order chi connectivity index (χ1) is 14.8. The molecule has 0 aliphatic carbocycles. The average Bonchev–Trinajstić information content (AvgIpc) is 3.56. The molecular weight excluding hydrogens is 394 g/mol. The topological polar surface area (TPSA) is 56.1 Å². The number of nitrogens with zero attached hydrogens (tertiary/aromatic N) is 5. The van der Waals surface area contributed by atoms with E-state index in [2.05, 4.69) is 48.8 Å². The molecule has 0 amide bonds. The van der Waals surface area contributed by atoms with Gasteiger partial charge in [0.2, 0.25) is 0 Å². The Labute approximate surface area is 179 Å². The molecule has 7 heteroatoms. The van der Waals surface area contributed by atoms with E-state index in [1.807, 2.05) is 47.8 Å². The molecule has 0 bridgehead atoms. The van der Waals surface area contributed by atoms with Crippen LogP contribution in [0, 0.1) is 0 Å². The van der Waals surface area contributed by atoms with Crippen LogP contribution in [-0.2, 0) is 13.2 Å². The van der Waals surface area contributed by atoms with E-state index in [1.165, 1.54) is 5.56 Å². The summed E-state index contributed by atoms with van der Waals surface area (Å²) < 4.78 is 8.38. The molecule has 1 aliphatic heterocycles. The van der Waals surface area contributed by atoms with E-state index in [0.717, 1.165) is 48.8 Å². The molecular formula is C23H23N5OS.